The van der Waals surface area contributed by atoms with Gasteiger partial charge in [-0.2, -0.15) is 0 Å². The van der Waals surface area contributed by atoms with Gasteiger partial charge in [-0.15, -0.1) is 0 Å². The van der Waals surface area contributed by atoms with Gasteiger partial charge in [0.15, 0.2) is 11.6 Å². The van der Waals surface area contributed by atoms with Crippen molar-refractivity contribution in [2.45, 2.75) is 57.8 Å². The summed E-state index contributed by atoms with van der Waals surface area (Å²) in [5, 5.41) is 2.50. The molecule has 0 spiro atoms. The molecule has 1 N–H and O–H groups in total. The Bertz CT molecular complexity index is 1300. The lowest BCUT2D eigenvalue weighted by molar-refractivity contribution is -0.131. The molecule has 2 aromatic carbocycles. The fourth-order valence-electron chi connectivity index (χ4n) is 4.99. The SMILES string of the molecule is CN(CCCN1CCN(C(=O)CNC(=O)O[C@@H]2C[C@H]2c2cc(F)cc(F)c2OCc2ccccc2)CC1)C(=O)OC(C)(C)C. The van der Waals surface area contributed by atoms with E-state index in [2.05, 4.69) is 10.2 Å². The number of ether oxygens (including phenoxy) is 3. The number of carbonyl (C=O) groups excluding carboxylic acids is 3. The molecule has 2 aliphatic rings. The van der Waals surface area contributed by atoms with Crippen LogP contribution in [0, 0.1) is 11.6 Å². The maximum Gasteiger partial charge on any atom is 0.410 e. The van der Waals surface area contributed by atoms with E-state index < -0.39 is 35.4 Å². The summed E-state index contributed by atoms with van der Waals surface area (Å²) in [5.41, 5.74) is 0.604. The largest absolute Gasteiger partial charge is 0.486 e. The van der Waals surface area contributed by atoms with E-state index in [9.17, 15) is 23.2 Å². The van der Waals surface area contributed by atoms with E-state index in [-0.39, 0.29) is 30.9 Å². The first-order valence-corrected chi connectivity index (χ1v) is 14.9. The average molecular weight is 617 g/mol. The normalized spacial score (nSPS) is 18.4. The van der Waals surface area contributed by atoms with Gasteiger partial charge in [0.1, 0.15) is 30.7 Å². The van der Waals surface area contributed by atoms with Gasteiger partial charge in [-0.3, -0.25) is 9.69 Å². The van der Waals surface area contributed by atoms with Gasteiger partial charge in [-0.1, -0.05) is 30.3 Å². The Morgan fingerprint density at radius 3 is 2.43 bits per heavy atom. The van der Waals surface area contributed by atoms with E-state index in [1.165, 1.54) is 6.07 Å². The number of amides is 3. The van der Waals surface area contributed by atoms with Gasteiger partial charge in [-0.05, 0) is 51.8 Å². The second-order valence-electron chi connectivity index (χ2n) is 12.2. The number of alkyl carbamates (subject to hydrolysis) is 1. The third-order valence-electron chi connectivity index (χ3n) is 7.43. The van der Waals surface area contributed by atoms with Crippen molar-refractivity contribution in [3.05, 3.63) is 65.2 Å². The fraction of sp³-hybridized carbons (Fsp3) is 0.531. The molecule has 3 amide bonds. The number of piperazine rings is 1. The predicted octanol–water partition coefficient (Wildman–Crippen LogP) is 4.53. The zero-order valence-electron chi connectivity index (χ0n) is 25.8. The summed E-state index contributed by atoms with van der Waals surface area (Å²) < 4.78 is 45.2. The summed E-state index contributed by atoms with van der Waals surface area (Å²) >= 11 is 0. The highest BCUT2D eigenvalue weighted by molar-refractivity contribution is 5.82. The fourth-order valence-corrected chi connectivity index (χ4v) is 4.99. The van der Waals surface area contributed by atoms with Gasteiger partial charge in [0, 0.05) is 57.3 Å². The third kappa shape index (κ3) is 9.80. The van der Waals surface area contributed by atoms with Crippen LogP contribution in [0.15, 0.2) is 42.5 Å². The van der Waals surface area contributed by atoms with Crippen LogP contribution in [0.1, 0.15) is 50.7 Å². The van der Waals surface area contributed by atoms with E-state index in [0.29, 0.717) is 44.7 Å². The molecule has 0 unspecified atom stereocenters. The smallest absolute Gasteiger partial charge is 0.410 e. The number of carbonyl (C=O) groups is 3. The molecule has 2 atom stereocenters. The molecule has 12 heteroatoms. The van der Waals surface area contributed by atoms with Crippen LogP contribution in [-0.4, -0.2) is 97.4 Å². The molecule has 1 heterocycles. The average Bonchev–Trinajstić information content (AvgIpc) is 3.73. The van der Waals surface area contributed by atoms with Gasteiger partial charge in [-0.25, -0.2) is 18.4 Å². The summed E-state index contributed by atoms with van der Waals surface area (Å²) in [6.07, 6.45) is -0.522. The Hall–Kier alpha value is -3.93. The lowest BCUT2D eigenvalue weighted by Gasteiger charge is -2.35. The van der Waals surface area contributed by atoms with Crippen molar-refractivity contribution in [2.75, 3.05) is 52.9 Å². The Balaban J connectivity index is 1.15. The number of hydrogen-bond donors (Lipinski definition) is 1. The predicted molar refractivity (Wildman–Crippen MR) is 159 cm³/mol. The van der Waals surface area contributed by atoms with Crippen molar-refractivity contribution >= 4 is 18.1 Å². The number of halogens is 2. The third-order valence-corrected chi connectivity index (χ3v) is 7.43. The van der Waals surface area contributed by atoms with E-state index >= 15 is 0 Å². The Labute approximate surface area is 257 Å². The van der Waals surface area contributed by atoms with E-state index in [0.717, 1.165) is 24.6 Å². The first kappa shape index (κ1) is 33.0. The van der Waals surface area contributed by atoms with Crippen molar-refractivity contribution in [3.8, 4) is 5.75 Å². The van der Waals surface area contributed by atoms with Crippen molar-refractivity contribution in [1.29, 1.82) is 0 Å². The zero-order valence-corrected chi connectivity index (χ0v) is 25.8. The second-order valence-corrected chi connectivity index (χ2v) is 12.2. The first-order valence-electron chi connectivity index (χ1n) is 14.9. The number of nitrogens with one attached hydrogen (secondary N) is 1. The van der Waals surface area contributed by atoms with Crippen LogP contribution in [0.5, 0.6) is 5.75 Å². The molecule has 0 aromatic heterocycles. The molecule has 44 heavy (non-hydrogen) atoms. The van der Waals surface area contributed by atoms with E-state index in [1.807, 2.05) is 51.1 Å². The van der Waals surface area contributed by atoms with E-state index in [1.54, 1.807) is 16.8 Å². The van der Waals surface area contributed by atoms with Crippen LogP contribution in [0.3, 0.4) is 0 Å². The van der Waals surface area contributed by atoms with Gasteiger partial charge < -0.3 is 29.3 Å². The molecule has 2 fully saturated rings. The minimum Gasteiger partial charge on any atom is -0.486 e. The number of benzene rings is 2. The van der Waals surface area contributed by atoms with E-state index in [4.69, 9.17) is 14.2 Å². The lowest BCUT2D eigenvalue weighted by Crippen LogP contribution is -2.51. The molecule has 0 radical (unpaired) electrons. The standard InChI is InChI=1S/C32H42F2N4O6/c1-32(2,3)44-31(41)36(4)11-8-12-37-13-15-38(16-14-37)28(39)20-35-30(40)43-27-19-24(27)25-17-23(33)18-26(34)29(25)42-21-22-9-6-5-7-10-22/h5-7,9-10,17-18,24,27H,8,11-16,19-21H2,1-4H3,(H,35,40)/t24-,27+/m0/s1. The summed E-state index contributed by atoms with van der Waals surface area (Å²) in [6.45, 7) is 9.18. The van der Waals surface area contributed by atoms with Crippen molar-refractivity contribution in [1.82, 2.24) is 20.0 Å². The Morgan fingerprint density at radius 2 is 1.75 bits per heavy atom. The Morgan fingerprint density at radius 1 is 1.05 bits per heavy atom. The molecule has 2 aromatic rings. The van der Waals surface area contributed by atoms with Crippen molar-refractivity contribution in [3.63, 3.8) is 0 Å². The summed E-state index contributed by atoms with van der Waals surface area (Å²) in [5.74, 6) is -2.24. The topological polar surface area (TPSA) is 101 Å². The highest BCUT2D eigenvalue weighted by atomic mass is 19.1. The van der Waals surface area contributed by atoms with Crippen LogP contribution in [0.2, 0.25) is 0 Å². The molecule has 1 saturated carbocycles. The molecule has 1 aliphatic carbocycles. The quantitative estimate of drug-likeness (QED) is 0.396. The molecule has 1 aliphatic heterocycles. The molecule has 240 valence electrons. The van der Waals surface area contributed by atoms with Gasteiger partial charge in [0.25, 0.3) is 0 Å². The highest BCUT2D eigenvalue weighted by Gasteiger charge is 2.44. The maximum absolute atomic E-state index is 14.6. The number of nitrogens with zero attached hydrogens (tertiary/aromatic N) is 3. The monoisotopic (exact) mass is 616 g/mol. The van der Waals surface area contributed by atoms with Crippen LogP contribution < -0.4 is 10.1 Å². The van der Waals surface area contributed by atoms with Crippen LogP contribution >= 0.6 is 0 Å². The summed E-state index contributed by atoms with van der Waals surface area (Å²) in [6, 6.07) is 11.2. The molecule has 10 nitrogen and oxygen atoms in total. The summed E-state index contributed by atoms with van der Waals surface area (Å²) in [7, 11) is 1.71. The van der Waals surface area contributed by atoms with Crippen LogP contribution in [0.4, 0.5) is 18.4 Å². The maximum atomic E-state index is 14.6. The molecular formula is C32H42F2N4O6. The summed E-state index contributed by atoms with van der Waals surface area (Å²) in [4.78, 5) is 42.7. The van der Waals surface area contributed by atoms with Crippen LogP contribution in [-0.2, 0) is 20.9 Å². The highest BCUT2D eigenvalue weighted by Crippen LogP contribution is 2.48. The molecular weight excluding hydrogens is 574 g/mol. The van der Waals surface area contributed by atoms with Crippen LogP contribution in [0.25, 0.3) is 0 Å². The molecule has 4 rings (SSSR count). The second kappa shape index (κ2) is 14.7. The Kier molecular flexibility index (Phi) is 11.0. The van der Waals surface area contributed by atoms with Gasteiger partial charge in [0.2, 0.25) is 5.91 Å². The minimum absolute atomic E-state index is 0.0591. The van der Waals surface area contributed by atoms with Crippen molar-refractivity contribution < 1.29 is 37.4 Å². The minimum atomic E-state index is -0.815. The lowest BCUT2D eigenvalue weighted by atomic mass is 10.1. The van der Waals surface area contributed by atoms with Crippen molar-refractivity contribution in [2.24, 2.45) is 0 Å². The number of hydrogen-bond acceptors (Lipinski definition) is 7. The van der Waals surface area contributed by atoms with Gasteiger partial charge in [0.05, 0.1) is 0 Å². The molecule has 0 bridgehead atoms. The van der Waals surface area contributed by atoms with Gasteiger partial charge >= 0.3 is 12.2 Å². The molecule has 1 saturated heterocycles. The first-order chi connectivity index (χ1) is 20.9. The number of rotatable bonds is 11. The zero-order chi connectivity index (χ0) is 31.9.